The van der Waals surface area contributed by atoms with Gasteiger partial charge in [-0.15, -0.1) is 0 Å². The van der Waals surface area contributed by atoms with Crippen molar-refractivity contribution in [1.82, 2.24) is 20.1 Å². The van der Waals surface area contributed by atoms with Crippen molar-refractivity contribution in [3.8, 4) is 0 Å². The van der Waals surface area contributed by atoms with Gasteiger partial charge in [0.15, 0.2) is 0 Å². The van der Waals surface area contributed by atoms with Gasteiger partial charge in [0.25, 0.3) is 0 Å². The Kier molecular flexibility index (Phi) is 4.49. The molecule has 1 unspecified atom stereocenters. The smallest absolute Gasteiger partial charge is 0.317 e. The minimum Gasteiger partial charge on any atom is -0.361 e. The SMILES string of the molecule is CCN(CC)C(=O)NC1C=C2c3cccc4[nH]cc(c34)C[C@H]2N(CC)C1. The van der Waals surface area contributed by atoms with E-state index in [1.54, 1.807) is 0 Å². The largest absolute Gasteiger partial charge is 0.361 e. The monoisotopic (exact) mass is 352 g/mol. The first-order chi connectivity index (χ1) is 12.7. The number of fused-ring (bicyclic) bond motifs is 2. The van der Waals surface area contributed by atoms with Crippen molar-refractivity contribution in [3.63, 3.8) is 0 Å². The third-order valence-electron chi connectivity index (χ3n) is 5.89. The molecule has 138 valence electrons. The highest BCUT2D eigenvalue weighted by Gasteiger charge is 2.35. The summed E-state index contributed by atoms with van der Waals surface area (Å²) in [5, 5.41) is 4.58. The summed E-state index contributed by atoms with van der Waals surface area (Å²) in [6, 6.07) is 6.96. The fourth-order valence-electron chi connectivity index (χ4n) is 4.53. The highest BCUT2D eigenvalue weighted by Crippen LogP contribution is 2.40. The molecule has 4 rings (SSSR count). The lowest BCUT2D eigenvalue weighted by Crippen LogP contribution is -2.53. The van der Waals surface area contributed by atoms with Crippen molar-refractivity contribution >= 4 is 22.5 Å². The Hall–Kier alpha value is -2.27. The molecule has 2 aliphatic rings. The van der Waals surface area contributed by atoms with Gasteiger partial charge in [-0.3, -0.25) is 4.90 Å². The van der Waals surface area contributed by atoms with Crippen molar-refractivity contribution in [1.29, 1.82) is 0 Å². The summed E-state index contributed by atoms with van der Waals surface area (Å²) in [7, 11) is 0. The fourth-order valence-corrected chi connectivity index (χ4v) is 4.53. The number of urea groups is 1. The standard InChI is InChI=1S/C21H28N4O/c1-4-24(5-2)21(26)23-15-11-17-16-8-7-9-18-20(16)14(12-22-18)10-19(17)25(6-3)13-15/h7-9,11-12,15,19,22H,4-6,10,13H2,1-3H3,(H,23,26)/t15?,19-/m1/s1. The molecule has 0 saturated heterocycles. The number of amides is 2. The van der Waals surface area contributed by atoms with Crippen LogP contribution in [0.2, 0.25) is 0 Å². The number of hydrogen-bond donors (Lipinski definition) is 2. The van der Waals surface area contributed by atoms with Gasteiger partial charge in [-0.1, -0.05) is 25.1 Å². The molecule has 0 spiro atoms. The first-order valence-corrected chi connectivity index (χ1v) is 9.76. The van der Waals surface area contributed by atoms with E-state index >= 15 is 0 Å². The van der Waals surface area contributed by atoms with Crippen LogP contribution in [-0.4, -0.2) is 59.1 Å². The van der Waals surface area contributed by atoms with Crippen LogP contribution in [0.1, 0.15) is 31.9 Å². The Morgan fingerprint density at radius 2 is 2.12 bits per heavy atom. The normalized spacial score (nSPS) is 22.0. The number of hydrogen-bond acceptors (Lipinski definition) is 2. The maximum atomic E-state index is 12.5. The van der Waals surface area contributed by atoms with Crippen LogP contribution >= 0.6 is 0 Å². The molecule has 26 heavy (non-hydrogen) atoms. The van der Waals surface area contributed by atoms with Crippen LogP contribution < -0.4 is 5.32 Å². The topological polar surface area (TPSA) is 51.4 Å². The lowest BCUT2D eigenvalue weighted by molar-refractivity contribution is 0.186. The third kappa shape index (κ3) is 2.71. The summed E-state index contributed by atoms with van der Waals surface area (Å²) in [5.41, 5.74) is 5.28. The van der Waals surface area contributed by atoms with Crippen LogP contribution in [0.25, 0.3) is 16.5 Å². The number of benzene rings is 1. The second kappa shape index (κ2) is 6.80. The first-order valence-electron chi connectivity index (χ1n) is 9.76. The van der Waals surface area contributed by atoms with Gasteiger partial charge in [-0.2, -0.15) is 0 Å². The molecule has 2 heterocycles. The third-order valence-corrected chi connectivity index (χ3v) is 5.89. The molecule has 0 fully saturated rings. The number of aromatic amines is 1. The van der Waals surface area contributed by atoms with Crippen LogP contribution in [0.15, 0.2) is 30.5 Å². The van der Waals surface area contributed by atoms with E-state index in [4.69, 9.17) is 0 Å². The Bertz CT molecular complexity index is 849. The maximum absolute atomic E-state index is 12.5. The number of rotatable bonds is 4. The van der Waals surface area contributed by atoms with Gasteiger partial charge in [0.05, 0.1) is 6.04 Å². The van der Waals surface area contributed by atoms with E-state index in [2.05, 4.69) is 52.6 Å². The summed E-state index contributed by atoms with van der Waals surface area (Å²) in [4.78, 5) is 20.3. The molecule has 1 aromatic carbocycles. The van der Waals surface area contributed by atoms with E-state index in [9.17, 15) is 4.79 Å². The van der Waals surface area contributed by atoms with Gasteiger partial charge < -0.3 is 15.2 Å². The predicted octanol–water partition coefficient (Wildman–Crippen LogP) is 3.23. The summed E-state index contributed by atoms with van der Waals surface area (Å²) in [5.74, 6) is 0. The first kappa shape index (κ1) is 17.2. The molecule has 2 amide bonds. The Labute approximate surface area is 155 Å². The predicted molar refractivity (Wildman–Crippen MR) is 106 cm³/mol. The van der Waals surface area contributed by atoms with E-state index in [0.717, 1.165) is 32.6 Å². The molecular formula is C21H28N4O. The van der Waals surface area contributed by atoms with Crippen LogP contribution in [0.3, 0.4) is 0 Å². The summed E-state index contributed by atoms with van der Waals surface area (Å²) >= 11 is 0. The second-order valence-electron chi connectivity index (χ2n) is 7.20. The number of H-pyrrole nitrogens is 1. The molecular weight excluding hydrogens is 324 g/mol. The Morgan fingerprint density at radius 1 is 1.31 bits per heavy atom. The van der Waals surface area contributed by atoms with Gasteiger partial charge >= 0.3 is 6.03 Å². The summed E-state index contributed by atoms with van der Waals surface area (Å²) in [6.45, 7) is 9.57. The number of carbonyl (C=O) groups is 1. The second-order valence-corrected chi connectivity index (χ2v) is 7.20. The lowest BCUT2D eigenvalue weighted by atomic mass is 9.81. The number of likely N-dealkylation sites (N-methyl/N-ethyl adjacent to an activating group) is 1. The van der Waals surface area contributed by atoms with E-state index in [1.165, 1.54) is 27.6 Å². The Morgan fingerprint density at radius 3 is 2.85 bits per heavy atom. The molecule has 1 aliphatic carbocycles. The van der Waals surface area contributed by atoms with Crippen molar-refractivity contribution in [3.05, 3.63) is 41.6 Å². The summed E-state index contributed by atoms with van der Waals surface area (Å²) < 4.78 is 0. The quantitative estimate of drug-likeness (QED) is 0.888. The number of carbonyl (C=O) groups excluding carboxylic acids is 1. The lowest BCUT2D eigenvalue weighted by Gasteiger charge is -2.42. The molecule has 0 radical (unpaired) electrons. The molecule has 2 aromatic rings. The van der Waals surface area contributed by atoms with Gasteiger partial charge in [-0.05, 0) is 49.6 Å². The van der Waals surface area contributed by atoms with E-state index in [0.29, 0.717) is 6.04 Å². The number of aromatic nitrogens is 1. The number of nitrogens with zero attached hydrogens (tertiary/aromatic N) is 2. The van der Waals surface area contributed by atoms with Crippen molar-refractivity contribution in [2.75, 3.05) is 26.2 Å². The van der Waals surface area contributed by atoms with Gasteiger partial charge in [0.2, 0.25) is 0 Å². The zero-order valence-electron chi connectivity index (χ0n) is 15.9. The molecule has 5 nitrogen and oxygen atoms in total. The van der Waals surface area contributed by atoms with Crippen molar-refractivity contribution in [2.24, 2.45) is 0 Å². The molecule has 1 aliphatic heterocycles. The van der Waals surface area contributed by atoms with Crippen LogP contribution in [0, 0.1) is 0 Å². The average molecular weight is 352 g/mol. The molecule has 5 heteroatoms. The van der Waals surface area contributed by atoms with Crippen LogP contribution in [0.5, 0.6) is 0 Å². The highest BCUT2D eigenvalue weighted by molar-refractivity contribution is 5.98. The van der Waals surface area contributed by atoms with Crippen LogP contribution in [0.4, 0.5) is 4.79 Å². The van der Waals surface area contributed by atoms with Crippen LogP contribution in [-0.2, 0) is 6.42 Å². The fraction of sp³-hybridized carbons (Fsp3) is 0.476. The zero-order valence-corrected chi connectivity index (χ0v) is 15.9. The maximum Gasteiger partial charge on any atom is 0.317 e. The van der Waals surface area contributed by atoms with E-state index < -0.39 is 0 Å². The molecule has 0 bridgehead atoms. The molecule has 2 atom stereocenters. The van der Waals surface area contributed by atoms with Gasteiger partial charge in [0.1, 0.15) is 0 Å². The van der Waals surface area contributed by atoms with E-state index in [1.807, 2.05) is 18.7 Å². The van der Waals surface area contributed by atoms with Gasteiger partial charge in [0, 0.05) is 42.8 Å². The average Bonchev–Trinajstić information content (AvgIpc) is 3.07. The molecule has 2 N–H and O–H groups in total. The zero-order chi connectivity index (χ0) is 18.3. The molecule has 1 aromatic heterocycles. The van der Waals surface area contributed by atoms with E-state index in [-0.39, 0.29) is 12.1 Å². The number of nitrogens with one attached hydrogen (secondary N) is 2. The van der Waals surface area contributed by atoms with Gasteiger partial charge in [-0.25, -0.2) is 4.79 Å². The minimum atomic E-state index is 0.0303. The highest BCUT2D eigenvalue weighted by atomic mass is 16.2. The Balaban J connectivity index is 1.71. The molecule has 0 saturated carbocycles. The minimum absolute atomic E-state index is 0.0303. The van der Waals surface area contributed by atoms with Crippen molar-refractivity contribution in [2.45, 2.75) is 39.3 Å². The van der Waals surface area contributed by atoms with Crippen molar-refractivity contribution < 1.29 is 4.79 Å². The summed E-state index contributed by atoms with van der Waals surface area (Å²) in [6.07, 6.45) is 5.49.